The minimum atomic E-state index is -0.265. The van der Waals surface area contributed by atoms with Crippen LogP contribution in [0.1, 0.15) is 32.3 Å². The molecule has 0 aliphatic carbocycles. The third-order valence-corrected chi connectivity index (χ3v) is 2.65. The first kappa shape index (κ1) is 14.4. The number of aromatic hydroxyl groups is 1. The Kier molecular flexibility index (Phi) is 5.49. The number of carbonyl (C=O) groups excluding carboxylic acids is 1. The zero-order valence-corrected chi connectivity index (χ0v) is 11.1. The fourth-order valence-electron chi connectivity index (χ4n) is 1.87. The van der Waals surface area contributed by atoms with Gasteiger partial charge in [0.1, 0.15) is 6.10 Å². The van der Waals surface area contributed by atoms with Crippen molar-refractivity contribution in [2.24, 2.45) is 0 Å². The summed E-state index contributed by atoms with van der Waals surface area (Å²) in [6.45, 7) is 3.47. The number of esters is 1. The molecule has 1 atom stereocenters. The van der Waals surface area contributed by atoms with Crippen LogP contribution >= 0.6 is 0 Å². The molecule has 18 heavy (non-hydrogen) atoms. The number of phenolic OH excluding ortho intramolecular Hbond substituents is 1. The van der Waals surface area contributed by atoms with Gasteiger partial charge in [-0.3, -0.25) is 4.79 Å². The standard InChI is InChI=1S/C14H20O4/c1-4-5-12(18-10(2)15)8-11-6-7-13(16)14(9-11)17-3/h6-7,9,12,16H,4-5,8H2,1-3H3. The summed E-state index contributed by atoms with van der Waals surface area (Å²) < 4.78 is 10.3. The van der Waals surface area contributed by atoms with Crippen LogP contribution in [0, 0.1) is 0 Å². The van der Waals surface area contributed by atoms with E-state index in [2.05, 4.69) is 0 Å². The predicted molar refractivity (Wildman–Crippen MR) is 68.8 cm³/mol. The van der Waals surface area contributed by atoms with Gasteiger partial charge in [0.2, 0.25) is 0 Å². The fourth-order valence-corrected chi connectivity index (χ4v) is 1.87. The molecule has 0 aromatic heterocycles. The Bertz CT molecular complexity index is 401. The Morgan fingerprint density at radius 1 is 1.44 bits per heavy atom. The molecule has 0 aliphatic heterocycles. The Morgan fingerprint density at radius 3 is 2.72 bits per heavy atom. The van der Waals surface area contributed by atoms with Crippen LogP contribution in [-0.2, 0) is 16.0 Å². The van der Waals surface area contributed by atoms with Crippen molar-refractivity contribution >= 4 is 5.97 Å². The van der Waals surface area contributed by atoms with Gasteiger partial charge in [0.05, 0.1) is 7.11 Å². The maximum absolute atomic E-state index is 11.0. The minimum Gasteiger partial charge on any atom is -0.504 e. The zero-order valence-electron chi connectivity index (χ0n) is 11.1. The summed E-state index contributed by atoms with van der Waals surface area (Å²) >= 11 is 0. The van der Waals surface area contributed by atoms with Crippen molar-refractivity contribution in [3.05, 3.63) is 23.8 Å². The monoisotopic (exact) mass is 252 g/mol. The molecule has 0 heterocycles. The lowest BCUT2D eigenvalue weighted by atomic mass is 10.0. The van der Waals surface area contributed by atoms with E-state index in [9.17, 15) is 9.90 Å². The molecule has 1 unspecified atom stereocenters. The lowest BCUT2D eigenvalue weighted by Crippen LogP contribution is -2.18. The summed E-state index contributed by atoms with van der Waals surface area (Å²) in [5.74, 6) is 0.283. The molecule has 1 N–H and O–H groups in total. The van der Waals surface area contributed by atoms with Gasteiger partial charge in [-0.25, -0.2) is 0 Å². The van der Waals surface area contributed by atoms with Gasteiger partial charge in [0.25, 0.3) is 0 Å². The third-order valence-electron chi connectivity index (χ3n) is 2.65. The van der Waals surface area contributed by atoms with Crippen LogP contribution in [0.4, 0.5) is 0 Å². The van der Waals surface area contributed by atoms with Crippen molar-refractivity contribution in [2.45, 2.75) is 39.2 Å². The van der Waals surface area contributed by atoms with Crippen LogP contribution in [0.5, 0.6) is 11.5 Å². The molecule has 1 rings (SSSR count). The Morgan fingerprint density at radius 2 is 2.17 bits per heavy atom. The van der Waals surface area contributed by atoms with Crippen LogP contribution in [0.25, 0.3) is 0 Å². The summed E-state index contributed by atoms with van der Waals surface area (Å²) in [6.07, 6.45) is 2.28. The number of phenols is 1. The molecule has 0 bridgehead atoms. The van der Waals surface area contributed by atoms with Gasteiger partial charge in [0, 0.05) is 13.3 Å². The van der Waals surface area contributed by atoms with E-state index in [0.29, 0.717) is 12.2 Å². The van der Waals surface area contributed by atoms with E-state index in [0.717, 1.165) is 18.4 Å². The maximum Gasteiger partial charge on any atom is 0.302 e. The predicted octanol–water partition coefficient (Wildman–Crippen LogP) is 2.68. The molecule has 0 amide bonds. The summed E-state index contributed by atoms with van der Waals surface area (Å²) in [5, 5.41) is 9.51. The summed E-state index contributed by atoms with van der Waals surface area (Å²) in [6, 6.07) is 5.16. The second kappa shape index (κ2) is 6.89. The van der Waals surface area contributed by atoms with Crippen molar-refractivity contribution in [3.63, 3.8) is 0 Å². The lowest BCUT2D eigenvalue weighted by molar-refractivity contribution is -0.146. The molecule has 0 fully saturated rings. The first-order valence-electron chi connectivity index (χ1n) is 6.10. The number of hydrogen-bond acceptors (Lipinski definition) is 4. The zero-order chi connectivity index (χ0) is 13.5. The van der Waals surface area contributed by atoms with Gasteiger partial charge in [-0.15, -0.1) is 0 Å². The van der Waals surface area contributed by atoms with Crippen molar-refractivity contribution in [1.82, 2.24) is 0 Å². The number of ether oxygens (including phenoxy) is 2. The third kappa shape index (κ3) is 4.28. The van der Waals surface area contributed by atoms with Crippen molar-refractivity contribution < 1.29 is 19.4 Å². The molecule has 4 heteroatoms. The molecular weight excluding hydrogens is 232 g/mol. The molecular formula is C14H20O4. The van der Waals surface area contributed by atoms with E-state index in [4.69, 9.17) is 9.47 Å². The Labute approximate surface area is 108 Å². The van der Waals surface area contributed by atoms with Crippen LogP contribution in [0.3, 0.4) is 0 Å². The van der Waals surface area contributed by atoms with Crippen LogP contribution in [0.15, 0.2) is 18.2 Å². The first-order valence-corrected chi connectivity index (χ1v) is 6.10. The van der Waals surface area contributed by atoms with Crippen LogP contribution in [-0.4, -0.2) is 24.3 Å². The number of methoxy groups -OCH3 is 1. The second-order valence-electron chi connectivity index (χ2n) is 4.23. The van der Waals surface area contributed by atoms with Gasteiger partial charge < -0.3 is 14.6 Å². The van der Waals surface area contributed by atoms with Gasteiger partial charge in [-0.2, -0.15) is 0 Å². The van der Waals surface area contributed by atoms with E-state index in [1.165, 1.54) is 14.0 Å². The van der Waals surface area contributed by atoms with Gasteiger partial charge in [-0.05, 0) is 24.1 Å². The topological polar surface area (TPSA) is 55.8 Å². The molecule has 1 aromatic rings. The van der Waals surface area contributed by atoms with E-state index in [-0.39, 0.29) is 17.8 Å². The highest BCUT2D eigenvalue weighted by Gasteiger charge is 2.13. The molecule has 100 valence electrons. The SMILES string of the molecule is CCCC(Cc1ccc(O)c(OC)c1)OC(C)=O. The normalized spacial score (nSPS) is 11.9. The number of hydrogen-bond donors (Lipinski definition) is 1. The highest BCUT2D eigenvalue weighted by molar-refractivity contribution is 5.66. The van der Waals surface area contributed by atoms with Crippen molar-refractivity contribution in [2.75, 3.05) is 7.11 Å². The number of benzene rings is 1. The molecule has 1 aromatic carbocycles. The van der Waals surface area contributed by atoms with Crippen molar-refractivity contribution in [1.29, 1.82) is 0 Å². The Hall–Kier alpha value is -1.71. The summed E-state index contributed by atoms with van der Waals surface area (Å²) in [5.41, 5.74) is 0.976. The van der Waals surface area contributed by atoms with Gasteiger partial charge in [-0.1, -0.05) is 19.4 Å². The fraction of sp³-hybridized carbons (Fsp3) is 0.500. The van der Waals surface area contributed by atoms with E-state index in [1.54, 1.807) is 12.1 Å². The number of rotatable bonds is 6. The molecule has 0 aliphatic rings. The Balaban J connectivity index is 2.76. The average Bonchev–Trinajstić information content (AvgIpc) is 2.31. The minimum absolute atomic E-state index is 0.112. The van der Waals surface area contributed by atoms with Gasteiger partial charge >= 0.3 is 5.97 Å². The summed E-state index contributed by atoms with van der Waals surface area (Å²) in [4.78, 5) is 11.0. The average molecular weight is 252 g/mol. The molecule has 4 nitrogen and oxygen atoms in total. The molecule has 0 spiro atoms. The highest BCUT2D eigenvalue weighted by atomic mass is 16.5. The second-order valence-corrected chi connectivity index (χ2v) is 4.23. The highest BCUT2D eigenvalue weighted by Crippen LogP contribution is 2.27. The molecule has 0 radical (unpaired) electrons. The maximum atomic E-state index is 11.0. The van der Waals surface area contributed by atoms with Crippen molar-refractivity contribution in [3.8, 4) is 11.5 Å². The van der Waals surface area contributed by atoms with E-state index < -0.39 is 0 Å². The lowest BCUT2D eigenvalue weighted by Gasteiger charge is -2.16. The number of carbonyl (C=O) groups is 1. The quantitative estimate of drug-likeness (QED) is 0.791. The molecule has 0 saturated carbocycles. The van der Waals surface area contributed by atoms with E-state index in [1.807, 2.05) is 13.0 Å². The smallest absolute Gasteiger partial charge is 0.302 e. The first-order chi connectivity index (χ1) is 8.56. The summed E-state index contributed by atoms with van der Waals surface area (Å²) in [7, 11) is 1.51. The molecule has 0 saturated heterocycles. The van der Waals surface area contributed by atoms with Crippen LogP contribution < -0.4 is 4.74 Å². The van der Waals surface area contributed by atoms with E-state index >= 15 is 0 Å². The van der Waals surface area contributed by atoms with Crippen LogP contribution in [0.2, 0.25) is 0 Å². The largest absolute Gasteiger partial charge is 0.504 e. The van der Waals surface area contributed by atoms with Gasteiger partial charge in [0.15, 0.2) is 11.5 Å².